The van der Waals surface area contributed by atoms with Crippen molar-refractivity contribution in [2.24, 2.45) is 3.21 Å². The molecule has 1 fully saturated rings. The summed E-state index contributed by atoms with van der Waals surface area (Å²) in [6.45, 7) is 7.39. The number of aliphatic hydroxyl groups is 1. The van der Waals surface area contributed by atoms with Crippen molar-refractivity contribution in [2.45, 2.75) is 32.5 Å². The topological polar surface area (TPSA) is 65.4 Å². The lowest BCUT2D eigenvalue weighted by Crippen LogP contribution is -2.41. The third kappa shape index (κ3) is 5.02. The summed E-state index contributed by atoms with van der Waals surface area (Å²) in [5.74, 6) is 0.875. The van der Waals surface area contributed by atoms with Crippen LogP contribution in [-0.2, 0) is 4.74 Å². The number of amidine groups is 1. The molecule has 2 aliphatic heterocycles. The van der Waals surface area contributed by atoms with Crippen molar-refractivity contribution in [1.29, 1.82) is 0 Å². The zero-order chi connectivity index (χ0) is 16.3. The molecule has 1 unspecified atom stereocenters. The second-order valence-electron chi connectivity index (χ2n) is 6.17. The average Bonchev–Trinajstić information content (AvgIpc) is 2.59. The molecule has 0 aliphatic carbocycles. The molecule has 0 aromatic carbocycles. The van der Waals surface area contributed by atoms with Gasteiger partial charge in [-0.1, -0.05) is 0 Å². The molecule has 2 rings (SSSR count). The molecule has 0 aromatic rings. The molecule has 124 valence electrons. The van der Waals surface area contributed by atoms with Crippen molar-refractivity contribution < 1.29 is 14.6 Å². The van der Waals surface area contributed by atoms with E-state index in [4.69, 9.17) is 4.74 Å². The highest BCUT2D eigenvalue weighted by Crippen LogP contribution is 2.21. The maximum absolute atomic E-state index is 12.2. The number of nitrogens with zero attached hydrogens (tertiary/aromatic N) is 3. The Hall–Kier alpha value is -0.480. The van der Waals surface area contributed by atoms with Gasteiger partial charge in [-0.15, -0.1) is 0 Å². The lowest BCUT2D eigenvalue weighted by atomic mass is 10.2. The molecule has 1 saturated heterocycles. The van der Waals surface area contributed by atoms with E-state index >= 15 is 0 Å². The van der Waals surface area contributed by atoms with Crippen molar-refractivity contribution in [2.75, 3.05) is 26.2 Å². The number of halogens is 2. The average molecular weight is 486 g/mol. The van der Waals surface area contributed by atoms with Crippen molar-refractivity contribution in [3.8, 4) is 0 Å². The van der Waals surface area contributed by atoms with Crippen molar-refractivity contribution in [3.05, 3.63) is 10.6 Å². The minimum absolute atomic E-state index is 0.279. The maximum atomic E-state index is 12.2. The molecule has 6 nitrogen and oxygen atoms in total. The second kappa shape index (κ2) is 7.39. The van der Waals surface area contributed by atoms with Crippen LogP contribution in [0.5, 0.6) is 0 Å². The van der Waals surface area contributed by atoms with Crippen LogP contribution in [0.15, 0.2) is 13.8 Å². The lowest BCUT2D eigenvalue weighted by Gasteiger charge is -2.27. The Morgan fingerprint density at radius 2 is 2.18 bits per heavy atom. The molecular weight excluding hydrogens is 465 g/mol. The Morgan fingerprint density at radius 3 is 2.82 bits per heavy atom. The number of ether oxygens (including phenoxy) is 1. The third-order valence-corrected chi connectivity index (χ3v) is 5.10. The van der Waals surface area contributed by atoms with Crippen molar-refractivity contribution in [3.63, 3.8) is 0 Å². The number of allylic oxidation sites excluding steroid dienone is 1. The maximum Gasteiger partial charge on any atom is 0.410 e. The number of aliphatic hydroxyl groups excluding tert-OH is 1. The molecule has 8 heteroatoms. The zero-order valence-electron chi connectivity index (χ0n) is 12.9. The Bertz CT molecular complexity index is 528. The van der Waals surface area contributed by atoms with Crippen LogP contribution in [0.2, 0.25) is 0 Å². The van der Waals surface area contributed by atoms with E-state index in [-0.39, 0.29) is 33.6 Å². The predicted octanol–water partition coefficient (Wildman–Crippen LogP) is 2.28. The number of rotatable bonds is 0. The van der Waals surface area contributed by atoms with Gasteiger partial charge in [0, 0.05) is 40.6 Å². The fourth-order valence-electron chi connectivity index (χ4n) is 2.15. The third-order valence-electron chi connectivity index (χ3n) is 3.06. The standard InChI is InChI=1S/C14H21BrIN3O3/c1-14(2,3)22-13(21)19-7-6-18(8-10(20)9-19)12-11(15)4-5-16-17-12/h4-5,10,20H,6-9H2,1-3H3. The molecule has 1 N–H and O–H groups in total. The molecule has 1 atom stereocenters. The van der Waals surface area contributed by atoms with Crippen LogP contribution in [-0.4, -0.2) is 68.7 Å². The number of carbonyl (C=O) groups excluding carboxylic acids is 1. The second-order valence-corrected chi connectivity index (χ2v) is 8.79. The number of hydrogen-bond donors (Lipinski definition) is 1. The number of carbonyl (C=O) groups is 1. The molecule has 0 bridgehead atoms. The lowest BCUT2D eigenvalue weighted by molar-refractivity contribution is 0.0186. The first kappa shape index (κ1) is 17.9. The molecule has 0 spiro atoms. The fraction of sp³-hybridized carbons (Fsp3) is 0.643. The molecule has 2 aliphatic rings. The van der Waals surface area contributed by atoms with Gasteiger partial charge in [0.2, 0.25) is 0 Å². The number of amides is 1. The van der Waals surface area contributed by atoms with Crippen LogP contribution in [0.1, 0.15) is 20.8 Å². The van der Waals surface area contributed by atoms with E-state index in [1.165, 1.54) is 0 Å². The predicted molar refractivity (Wildman–Crippen MR) is 99.9 cm³/mol. The van der Waals surface area contributed by atoms with Gasteiger partial charge in [0.25, 0.3) is 0 Å². The Kier molecular flexibility index (Phi) is 6.00. The first-order valence-corrected chi connectivity index (χ1v) is 10.1. The summed E-state index contributed by atoms with van der Waals surface area (Å²) >= 11 is 3.19. The van der Waals surface area contributed by atoms with Gasteiger partial charge in [-0.25, -0.2) is 8.00 Å². The molecule has 0 aromatic heterocycles. The summed E-state index contributed by atoms with van der Waals surface area (Å²) in [6, 6.07) is 0. The first-order valence-electron chi connectivity index (χ1n) is 7.07. The van der Waals surface area contributed by atoms with E-state index in [1.807, 2.05) is 31.7 Å². The van der Waals surface area contributed by atoms with Gasteiger partial charge < -0.3 is 19.6 Å². The first-order chi connectivity index (χ1) is 10.3. The minimum atomic E-state index is -0.623. The number of hydrogen-bond acceptors (Lipinski definition) is 5. The largest absolute Gasteiger partial charge is 0.444 e. The quantitative estimate of drug-likeness (QED) is 0.534. The SMILES string of the molecule is CC(C)(C)OC(=O)N1CCN(C2=NI=CC=C2Br)CC(O)C1. The Labute approximate surface area is 149 Å². The van der Waals surface area contributed by atoms with Gasteiger partial charge in [0.05, 0.1) is 17.1 Å². The highest BCUT2D eigenvalue weighted by Gasteiger charge is 2.29. The molecule has 1 amide bonds. The van der Waals surface area contributed by atoms with Gasteiger partial charge in [0.1, 0.15) is 11.4 Å². The normalized spacial score (nSPS) is 23.2. The molecule has 0 radical (unpaired) electrons. The Balaban J connectivity index is 2.05. The summed E-state index contributed by atoms with van der Waals surface area (Å²) in [4.78, 5) is 15.8. The summed E-state index contributed by atoms with van der Waals surface area (Å²) in [6.07, 6.45) is 1.01. The summed E-state index contributed by atoms with van der Waals surface area (Å²) in [5.41, 5.74) is -0.534. The van der Waals surface area contributed by atoms with Crippen molar-refractivity contribution in [1.82, 2.24) is 9.80 Å². The molecular formula is C14H21BrIN3O3. The van der Waals surface area contributed by atoms with Crippen LogP contribution in [0.25, 0.3) is 0 Å². The smallest absolute Gasteiger partial charge is 0.410 e. The van der Waals surface area contributed by atoms with E-state index in [1.54, 1.807) is 4.90 Å². The van der Waals surface area contributed by atoms with Crippen LogP contribution >= 0.6 is 36.9 Å². The molecule has 22 heavy (non-hydrogen) atoms. The summed E-state index contributed by atoms with van der Waals surface area (Å²) < 4.78 is 13.0. The summed E-state index contributed by atoms with van der Waals surface area (Å²) in [7, 11) is 0. The zero-order valence-corrected chi connectivity index (χ0v) is 16.7. The van der Waals surface area contributed by atoms with Gasteiger partial charge >= 0.3 is 6.09 Å². The molecule has 2 heterocycles. The van der Waals surface area contributed by atoms with Gasteiger partial charge in [-0.2, -0.15) is 0 Å². The minimum Gasteiger partial charge on any atom is -0.444 e. The van der Waals surface area contributed by atoms with Crippen LogP contribution in [0, 0.1) is 0 Å². The highest BCUT2D eigenvalue weighted by atomic mass is 127. The fourth-order valence-corrected chi connectivity index (χ4v) is 4.96. The van der Waals surface area contributed by atoms with Crippen LogP contribution < -0.4 is 0 Å². The number of β-amino-alcohol motifs (C(OH)–C–C–N with tert-alkyl or cyclic N) is 1. The van der Waals surface area contributed by atoms with E-state index in [0.717, 1.165) is 10.3 Å². The Morgan fingerprint density at radius 1 is 1.45 bits per heavy atom. The molecule has 0 saturated carbocycles. The van der Waals surface area contributed by atoms with Crippen molar-refractivity contribution >= 4 is 52.9 Å². The van der Waals surface area contributed by atoms with E-state index < -0.39 is 11.7 Å². The monoisotopic (exact) mass is 485 g/mol. The van der Waals surface area contributed by atoms with Gasteiger partial charge in [0.15, 0.2) is 0 Å². The van der Waals surface area contributed by atoms with Crippen LogP contribution in [0.4, 0.5) is 4.79 Å². The highest BCUT2D eigenvalue weighted by molar-refractivity contribution is 14.2. The van der Waals surface area contributed by atoms with E-state index in [2.05, 4.69) is 23.1 Å². The van der Waals surface area contributed by atoms with Gasteiger partial charge in [-0.05, 0) is 46.8 Å². The van der Waals surface area contributed by atoms with Crippen LogP contribution in [0.3, 0.4) is 0 Å². The van der Waals surface area contributed by atoms with E-state index in [9.17, 15) is 9.90 Å². The summed E-state index contributed by atoms with van der Waals surface area (Å²) in [5, 5.41) is 10.2. The van der Waals surface area contributed by atoms with E-state index in [0.29, 0.717) is 19.6 Å². The van der Waals surface area contributed by atoms with Gasteiger partial charge in [-0.3, -0.25) is 0 Å².